The number of hydrogen-bond acceptors (Lipinski definition) is 3. The molecule has 0 aliphatic rings. The second kappa shape index (κ2) is 6.24. The van der Waals surface area contributed by atoms with Crippen LogP contribution in [0.1, 0.15) is 17.2 Å². The van der Waals surface area contributed by atoms with Crippen molar-refractivity contribution in [3.63, 3.8) is 0 Å². The van der Waals surface area contributed by atoms with Crippen LogP contribution in [0.25, 0.3) is 0 Å². The lowest BCUT2D eigenvalue weighted by Crippen LogP contribution is -2.17. The minimum atomic E-state index is -4.76. The number of halogens is 5. The summed E-state index contributed by atoms with van der Waals surface area (Å²) in [5, 5.41) is 10.3. The summed E-state index contributed by atoms with van der Waals surface area (Å²) in [5.41, 5.74) is 6.68. The first-order chi connectivity index (χ1) is 10.2. The van der Waals surface area contributed by atoms with Crippen molar-refractivity contribution in [3.05, 3.63) is 57.6 Å². The van der Waals surface area contributed by atoms with Gasteiger partial charge in [-0.25, -0.2) is 0 Å². The van der Waals surface area contributed by atoms with E-state index >= 15 is 0 Å². The van der Waals surface area contributed by atoms with Crippen LogP contribution in [0.2, 0.25) is 10.0 Å². The summed E-state index contributed by atoms with van der Waals surface area (Å²) in [6.45, 7) is 0. The minimum Gasteiger partial charge on any atom is -0.507 e. The molecule has 3 nitrogen and oxygen atoms in total. The molecule has 0 fully saturated rings. The lowest BCUT2D eigenvalue weighted by Gasteiger charge is -2.17. The van der Waals surface area contributed by atoms with Crippen LogP contribution in [-0.4, -0.2) is 11.5 Å². The zero-order valence-corrected chi connectivity index (χ0v) is 12.4. The zero-order chi connectivity index (χ0) is 16.5. The van der Waals surface area contributed by atoms with Crippen LogP contribution in [-0.2, 0) is 0 Å². The van der Waals surface area contributed by atoms with Gasteiger partial charge < -0.3 is 15.6 Å². The standard InChI is InChI=1S/C14H10Cl2F3NO2/c15-8-5-10(16)12(11(21)6-8)13(20)7-1-3-9(4-2-7)22-14(17,18)19/h1-6,13,21H,20H2/t13-/m1/s1. The van der Waals surface area contributed by atoms with Crippen LogP contribution >= 0.6 is 23.2 Å². The van der Waals surface area contributed by atoms with Crippen molar-refractivity contribution in [3.8, 4) is 11.5 Å². The number of benzene rings is 2. The van der Waals surface area contributed by atoms with Crippen LogP contribution in [0.15, 0.2) is 36.4 Å². The molecule has 0 radical (unpaired) electrons. The minimum absolute atomic E-state index is 0.160. The number of nitrogens with two attached hydrogens (primary N) is 1. The van der Waals surface area contributed by atoms with E-state index in [0.717, 1.165) is 12.1 Å². The molecule has 0 amide bonds. The average Bonchev–Trinajstić information content (AvgIpc) is 2.36. The first kappa shape index (κ1) is 16.7. The fraction of sp³-hybridized carbons (Fsp3) is 0.143. The zero-order valence-electron chi connectivity index (χ0n) is 10.9. The fourth-order valence-corrected chi connectivity index (χ4v) is 2.52. The van der Waals surface area contributed by atoms with E-state index in [2.05, 4.69) is 4.74 Å². The lowest BCUT2D eigenvalue weighted by molar-refractivity contribution is -0.274. The molecule has 0 saturated carbocycles. The fourth-order valence-electron chi connectivity index (χ4n) is 1.92. The van der Waals surface area contributed by atoms with Crippen molar-refractivity contribution in [2.24, 2.45) is 5.73 Å². The molecular weight excluding hydrogens is 342 g/mol. The molecule has 0 unspecified atom stereocenters. The van der Waals surface area contributed by atoms with Gasteiger partial charge in [0.2, 0.25) is 0 Å². The maximum atomic E-state index is 12.1. The van der Waals surface area contributed by atoms with Gasteiger partial charge in [-0.3, -0.25) is 0 Å². The highest BCUT2D eigenvalue weighted by Crippen LogP contribution is 2.36. The summed E-state index contributed by atoms with van der Waals surface area (Å²) in [7, 11) is 0. The number of ether oxygens (including phenoxy) is 1. The maximum Gasteiger partial charge on any atom is 0.573 e. The van der Waals surface area contributed by atoms with Crippen LogP contribution in [0.5, 0.6) is 11.5 Å². The van der Waals surface area contributed by atoms with Gasteiger partial charge in [0.25, 0.3) is 0 Å². The van der Waals surface area contributed by atoms with Gasteiger partial charge in [0, 0.05) is 10.6 Å². The Hall–Kier alpha value is -1.63. The van der Waals surface area contributed by atoms with Crippen molar-refractivity contribution >= 4 is 23.2 Å². The smallest absolute Gasteiger partial charge is 0.507 e. The van der Waals surface area contributed by atoms with Crippen LogP contribution in [0.4, 0.5) is 13.2 Å². The molecule has 3 N–H and O–H groups in total. The first-order valence-corrected chi connectivity index (χ1v) is 6.72. The van der Waals surface area contributed by atoms with E-state index in [4.69, 9.17) is 28.9 Å². The molecule has 22 heavy (non-hydrogen) atoms. The highest BCUT2D eigenvalue weighted by molar-refractivity contribution is 6.35. The Morgan fingerprint density at radius 3 is 2.18 bits per heavy atom. The van der Waals surface area contributed by atoms with E-state index in [1.165, 1.54) is 24.3 Å². The maximum absolute atomic E-state index is 12.1. The Labute approximate surface area is 134 Å². The Bertz CT molecular complexity index is 652. The van der Waals surface area contributed by atoms with Gasteiger partial charge in [0.1, 0.15) is 11.5 Å². The average molecular weight is 352 g/mol. The molecule has 0 heterocycles. The molecule has 118 valence electrons. The van der Waals surface area contributed by atoms with Gasteiger partial charge in [0.05, 0.1) is 11.1 Å². The summed E-state index contributed by atoms with van der Waals surface area (Å²) in [6, 6.07) is 6.84. The van der Waals surface area contributed by atoms with E-state index in [9.17, 15) is 18.3 Å². The predicted molar refractivity (Wildman–Crippen MR) is 77.3 cm³/mol. The van der Waals surface area contributed by atoms with Gasteiger partial charge in [-0.2, -0.15) is 0 Å². The van der Waals surface area contributed by atoms with Gasteiger partial charge >= 0.3 is 6.36 Å². The quantitative estimate of drug-likeness (QED) is 0.846. The molecule has 0 saturated heterocycles. The molecule has 8 heteroatoms. The van der Waals surface area contributed by atoms with Crippen molar-refractivity contribution in [2.75, 3.05) is 0 Å². The van der Waals surface area contributed by atoms with E-state index < -0.39 is 12.4 Å². The molecule has 0 aliphatic heterocycles. The summed E-state index contributed by atoms with van der Waals surface area (Å²) >= 11 is 11.7. The van der Waals surface area contributed by atoms with Gasteiger partial charge in [-0.15, -0.1) is 13.2 Å². The second-order valence-electron chi connectivity index (χ2n) is 4.41. The van der Waals surface area contributed by atoms with Crippen LogP contribution in [0.3, 0.4) is 0 Å². The lowest BCUT2D eigenvalue weighted by atomic mass is 9.98. The Balaban J connectivity index is 2.29. The number of phenolic OH excluding ortho intramolecular Hbond substituents is 1. The summed E-state index contributed by atoms with van der Waals surface area (Å²) in [6.07, 6.45) is -4.76. The molecule has 0 aliphatic carbocycles. The topological polar surface area (TPSA) is 55.5 Å². The van der Waals surface area contributed by atoms with Crippen molar-refractivity contribution in [1.82, 2.24) is 0 Å². The van der Waals surface area contributed by atoms with Crippen LogP contribution < -0.4 is 10.5 Å². The van der Waals surface area contributed by atoms with Gasteiger partial charge in [-0.05, 0) is 29.8 Å². The van der Waals surface area contributed by atoms with Gasteiger partial charge in [-0.1, -0.05) is 35.3 Å². The van der Waals surface area contributed by atoms with E-state index in [1.807, 2.05) is 0 Å². The molecular formula is C14H10Cl2F3NO2. The van der Waals surface area contributed by atoms with E-state index in [0.29, 0.717) is 5.56 Å². The molecule has 0 spiro atoms. The summed E-state index contributed by atoms with van der Waals surface area (Å²) in [4.78, 5) is 0. The number of phenols is 1. The van der Waals surface area contributed by atoms with E-state index in [1.54, 1.807) is 0 Å². The van der Waals surface area contributed by atoms with Crippen LogP contribution in [0, 0.1) is 0 Å². The molecule has 0 bridgehead atoms. The molecule has 2 aromatic carbocycles. The molecule has 0 aromatic heterocycles. The Morgan fingerprint density at radius 1 is 1.09 bits per heavy atom. The third-order valence-electron chi connectivity index (χ3n) is 2.86. The Morgan fingerprint density at radius 2 is 1.68 bits per heavy atom. The predicted octanol–water partition coefficient (Wildman–Crippen LogP) is 4.65. The SMILES string of the molecule is N[C@H](c1ccc(OC(F)(F)F)cc1)c1c(O)cc(Cl)cc1Cl. The highest BCUT2D eigenvalue weighted by Gasteiger charge is 2.31. The second-order valence-corrected chi connectivity index (χ2v) is 5.26. The number of aromatic hydroxyl groups is 1. The molecule has 2 aromatic rings. The van der Waals surface area contributed by atoms with Crippen molar-refractivity contribution in [2.45, 2.75) is 12.4 Å². The number of hydrogen-bond donors (Lipinski definition) is 2. The van der Waals surface area contributed by atoms with Crippen molar-refractivity contribution in [1.29, 1.82) is 0 Å². The number of rotatable bonds is 3. The summed E-state index contributed by atoms with van der Waals surface area (Å²) < 4.78 is 40.1. The third-order valence-corrected chi connectivity index (χ3v) is 3.39. The van der Waals surface area contributed by atoms with Gasteiger partial charge in [0.15, 0.2) is 0 Å². The number of alkyl halides is 3. The Kier molecular flexibility index (Phi) is 4.75. The monoisotopic (exact) mass is 351 g/mol. The highest BCUT2D eigenvalue weighted by atomic mass is 35.5. The van der Waals surface area contributed by atoms with Crippen molar-refractivity contribution < 1.29 is 23.0 Å². The summed E-state index contributed by atoms with van der Waals surface area (Å²) in [5.74, 6) is -0.560. The van der Waals surface area contributed by atoms with E-state index in [-0.39, 0.29) is 27.1 Å². The molecule has 2 rings (SSSR count). The normalized spacial score (nSPS) is 13.0. The third kappa shape index (κ3) is 3.97. The first-order valence-electron chi connectivity index (χ1n) is 5.96. The molecule has 1 atom stereocenters. The largest absolute Gasteiger partial charge is 0.573 e.